The van der Waals surface area contributed by atoms with Crippen LogP contribution in [-0.2, 0) is 0 Å². The molecule has 19 heavy (non-hydrogen) atoms. The van der Waals surface area contributed by atoms with Gasteiger partial charge in [-0.15, -0.1) is 0 Å². The Morgan fingerprint density at radius 1 is 1.21 bits per heavy atom. The topological polar surface area (TPSA) is 67.1 Å². The van der Waals surface area contributed by atoms with Crippen LogP contribution in [0.25, 0.3) is 10.9 Å². The van der Waals surface area contributed by atoms with E-state index in [0.29, 0.717) is 0 Å². The maximum atomic E-state index is 5.82. The molecule has 0 bridgehead atoms. The van der Waals surface area contributed by atoms with Crippen LogP contribution in [-0.4, -0.2) is 41.0 Å². The highest BCUT2D eigenvalue weighted by atomic mass is 15.1. The minimum absolute atomic E-state index is 0.731. The Labute approximate surface area is 113 Å². The Morgan fingerprint density at radius 3 is 2.74 bits per heavy atom. The number of nitrogens with zero attached hydrogens (tertiary/aromatic N) is 3. The number of aromatic nitrogens is 2. The Balaban J connectivity index is 2.10. The van der Waals surface area contributed by atoms with Gasteiger partial charge in [0.15, 0.2) is 0 Å². The van der Waals surface area contributed by atoms with Crippen LogP contribution in [0.15, 0.2) is 24.5 Å². The zero-order valence-electron chi connectivity index (χ0n) is 11.6. The Kier molecular flexibility index (Phi) is 4.52. The zero-order valence-corrected chi connectivity index (χ0v) is 11.6. The predicted molar refractivity (Wildman–Crippen MR) is 80.2 cm³/mol. The molecule has 0 saturated carbocycles. The summed E-state index contributed by atoms with van der Waals surface area (Å²) in [7, 11) is 0. The smallest absolute Gasteiger partial charge is 0.137 e. The SMILES string of the molecule is CCN(CC)CCNc1ncnc2ccc(N)cc12. The van der Waals surface area contributed by atoms with Gasteiger partial charge in [0.1, 0.15) is 12.1 Å². The fraction of sp³-hybridized carbons (Fsp3) is 0.429. The lowest BCUT2D eigenvalue weighted by Crippen LogP contribution is -2.28. The summed E-state index contributed by atoms with van der Waals surface area (Å²) >= 11 is 0. The lowest BCUT2D eigenvalue weighted by atomic mass is 10.2. The molecule has 1 heterocycles. The molecule has 0 aliphatic carbocycles. The van der Waals surface area contributed by atoms with E-state index >= 15 is 0 Å². The molecule has 5 nitrogen and oxygen atoms in total. The van der Waals surface area contributed by atoms with E-state index in [2.05, 4.69) is 34.0 Å². The number of likely N-dealkylation sites (N-methyl/N-ethyl adjacent to an activating group) is 1. The average molecular weight is 259 g/mol. The maximum Gasteiger partial charge on any atom is 0.137 e. The van der Waals surface area contributed by atoms with Gasteiger partial charge in [0.25, 0.3) is 0 Å². The van der Waals surface area contributed by atoms with Crippen molar-refractivity contribution < 1.29 is 0 Å². The Morgan fingerprint density at radius 2 is 2.00 bits per heavy atom. The molecule has 0 unspecified atom stereocenters. The first kappa shape index (κ1) is 13.5. The summed E-state index contributed by atoms with van der Waals surface area (Å²) in [6, 6.07) is 5.69. The number of hydrogen-bond donors (Lipinski definition) is 2. The highest BCUT2D eigenvalue weighted by molar-refractivity contribution is 5.91. The van der Waals surface area contributed by atoms with Gasteiger partial charge in [0.05, 0.1) is 5.52 Å². The third-order valence-corrected chi connectivity index (χ3v) is 3.27. The van der Waals surface area contributed by atoms with Gasteiger partial charge in [-0.2, -0.15) is 0 Å². The van der Waals surface area contributed by atoms with Crippen molar-refractivity contribution >= 4 is 22.4 Å². The third-order valence-electron chi connectivity index (χ3n) is 3.27. The molecule has 0 spiro atoms. The number of rotatable bonds is 6. The second kappa shape index (κ2) is 6.33. The van der Waals surface area contributed by atoms with Gasteiger partial charge in [-0.3, -0.25) is 0 Å². The largest absolute Gasteiger partial charge is 0.399 e. The van der Waals surface area contributed by atoms with Crippen molar-refractivity contribution in [1.82, 2.24) is 14.9 Å². The summed E-state index contributed by atoms with van der Waals surface area (Å²) < 4.78 is 0. The molecular weight excluding hydrogens is 238 g/mol. The lowest BCUT2D eigenvalue weighted by molar-refractivity contribution is 0.316. The number of benzene rings is 1. The second-order valence-corrected chi connectivity index (χ2v) is 4.45. The average Bonchev–Trinajstić information content (AvgIpc) is 2.44. The molecule has 2 rings (SSSR count). The molecular formula is C14H21N5. The molecule has 0 atom stereocenters. The summed E-state index contributed by atoms with van der Waals surface area (Å²) in [4.78, 5) is 10.9. The minimum atomic E-state index is 0.731. The first-order valence-electron chi connectivity index (χ1n) is 6.71. The Hall–Kier alpha value is -1.88. The van der Waals surface area contributed by atoms with Crippen molar-refractivity contribution in [1.29, 1.82) is 0 Å². The van der Waals surface area contributed by atoms with Gasteiger partial charge in [-0.25, -0.2) is 9.97 Å². The molecule has 3 N–H and O–H groups in total. The third kappa shape index (κ3) is 3.32. The van der Waals surface area contributed by atoms with Crippen molar-refractivity contribution in [2.24, 2.45) is 0 Å². The fourth-order valence-corrected chi connectivity index (χ4v) is 2.09. The summed E-state index contributed by atoms with van der Waals surface area (Å²) in [5.74, 6) is 0.851. The molecule has 0 aliphatic rings. The zero-order chi connectivity index (χ0) is 13.7. The summed E-state index contributed by atoms with van der Waals surface area (Å²) in [6.45, 7) is 8.34. The first-order valence-corrected chi connectivity index (χ1v) is 6.71. The molecule has 0 fully saturated rings. The number of hydrogen-bond acceptors (Lipinski definition) is 5. The number of nitrogens with two attached hydrogens (primary N) is 1. The number of nitrogens with one attached hydrogen (secondary N) is 1. The normalized spacial score (nSPS) is 11.1. The van der Waals surface area contributed by atoms with E-state index in [-0.39, 0.29) is 0 Å². The molecule has 2 aromatic rings. The highest BCUT2D eigenvalue weighted by Gasteiger charge is 2.04. The Bertz CT molecular complexity index is 536. The summed E-state index contributed by atoms with van der Waals surface area (Å²) in [5.41, 5.74) is 7.46. The molecule has 102 valence electrons. The van der Waals surface area contributed by atoms with Crippen molar-refractivity contribution in [2.75, 3.05) is 37.2 Å². The number of anilines is 2. The van der Waals surface area contributed by atoms with E-state index in [1.807, 2.05) is 18.2 Å². The van der Waals surface area contributed by atoms with E-state index < -0.39 is 0 Å². The summed E-state index contributed by atoms with van der Waals surface area (Å²) in [5, 5.41) is 4.34. The van der Waals surface area contributed by atoms with Crippen LogP contribution in [0.4, 0.5) is 11.5 Å². The van der Waals surface area contributed by atoms with Crippen molar-refractivity contribution in [3.8, 4) is 0 Å². The van der Waals surface area contributed by atoms with Gasteiger partial charge in [-0.1, -0.05) is 13.8 Å². The van der Waals surface area contributed by atoms with Gasteiger partial charge in [0.2, 0.25) is 0 Å². The van der Waals surface area contributed by atoms with Crippen molar-refractivity contribution in [2.45, 2.75) is 13.8 Å². The van der Waals surface area contributed by atoms with E-state index in [0.717, 1.165) is 48.6 Å². The standard InChI is InChI=1S/C14H21N5/c1-3-19(4-2)8-7-16-14-12-9-11(15)5-6-13(12)17-10-18-14/h5-6,9-10H,3-4,7-8,15H2,1-2H3,(H,16,17,18). The van der Waals surface area contributed by atoms with E-state index in [4.69, 9.17) is 5.73 Å². The van der Waals surface area contributed by atoms with Crippen LogP contribution in [0.1, 0.15) is 13.8 Å². The van der Waals surface area contributed by atoms with Crippen LogP contribution >= 0.6 is 0 Å². The molecule has 0 aliphatic heterocycles. The molecule has 5 heteroatoms. The van der Waals surface area contributed by atoms with E-state index in [1.165, 1.54) is 0 Å². The molecule has 0 amide bonds. The number of nitrogen functional groups attached to an aromatic ring is 1. The van der Waals surface area contributed by atoms with Crippen LogP contribution in [0, 0.1) is 0 Å². The van der Waals surface area contributed by atoms with Gasteiger partial charge in [0, 0.05) is 24.2 Å². The number of fused-ring (bicyclic) bond motifs is 1. The van der Waals surface area contributed by atoms with E-state index in [9.17, 15) is 0 Å². The highest BCUT2D eigenvalue weighted by Crippen LogP contribution is 2.21. The quantitative estimate of drug-likeness (QED) is 0.776. The lowest BCUT2D eigenvalue weighted by Gasteiger charge is -2.18. The molecule has 0 radical (unpaired) electrons. The minimum Gasteiger partial charge on any atom is -0.399 e. The summed E-state index contributed by atoms with van der Waals surface area (Å²) in [6.07, 6.45) is 1.58. The van der Waals surface area contributed by atoms with Crippen LogP contribution < -0.4 is 11.1 Å². The monoisotopic (exact) mass is 259 g/mol. The fourth-order valence-electron chi connectivity index (χ4n) is 2.09. The second-order valence-electron chi connectivity index (χ2n) is 4.45. The maximum absolute atomic E-state index is 5.82. The molecule has 1 aromatic carbocycles. The van der Waals surface area contributed by atoms with Crippen LogP contribution in [0.2, 0.25) is 0 Å². The van der Waals surface area contributed by atoms with Crippen LogP contribution in [0.3, 0.4) is 0 Å². The molecule has 0 saturated heterocycles. The van der Waals surface area contributed by atoms with Gasteiger partial charge in [-0.05, 0) is 31.3 Å². The predicted octanol–water partition coefficient (Wildman–Crippen LogP) is 1.97. The van der Waals surface area contributed by atoms with Gasteiger partial charge < -0.3 is 16.0 Å². The van der Waals surface area contributed by atoms with Gasteiger partial charge >= 0.3 is 0 Å². The van der Waals surface area contributed by atoms with Crippen LogP contribution in [0.5, 0.6) is 0 Å². The first-order chi connectivity index (χ1) is 9.24. The molecule has 1 aromatic heterocycles. The van der Waals surface area contributed by atoms with Crippen molar-refractivity contribution in [3.63, 3.8) is 0 Å². The van der Waals surface area contributed by atoms with E-state index in [1.54, 1.807) is 6.33 Å². The van der Waals surface area contributed by atoms with Crippen molar-refractivity contribution in [3.05, 3.63) is 24.5 Å².